The number of hydrogen-bond acceptors (Lipinski definition) is 6. The molecule has 0 aliphatic rings. The van der Waals surface area contributed by atoms with Crippen LogP contribution in [0.3, 0.4) is 0 Å². The molecule has 2 aromatic heterocycles. The second kappa shape index (κ2) is 7.39. The minimum atomic E-state index is -0.477. The van der Waals surface area contributed by atoms with E-state index in [0.717, 1.165) is 5.56 Å². The van der Waals surface area contributed by atoms with E-state index in [0.29, 0.717) is 23.3 Å². The lowest BCUT2D eigenvalue weighted by Crippen LogP contribution is -2.24. The molecule has 0 fully saturated rings. The van der Waals surface area contributed by atoms with Gasteiger partial charge in [-0.05, 0) is 19.4 Å². The fourth-order valence-electron chi connectivity index (χ4n) is 2.16. The van der Waals surface area contributed by atoms with Gasteiger partial charge in [0.2, 0.25) is 11.8 Å². The summed E-state index contributed by atoms with van der Waals surface area (Å²) in [4.78, 5) is 24.3. The summed E-state index contributed by atoms with van der Waals surface area (Å²) in [5, 5.41) is 12.8. The van der Waals surface area contributed by atoms with Gasteiger partial charge in [0.15, 0.2) is 5.16 Å². The van der Waals surface area contributed by atoms with Gasteiger partial charge in [0.05, 0.1) is 17.5 Å². The van der Waals surface area contributed by atoms with Crippen LogP contribution < -0.4 is 11.0 Å². The maximum atomic E-state index is 12.3. The zero-order valence-electron chi connectivity index (χ0n) is 13.7. The molecule has 0 saturated carbocycles. The van der Waals surface area contributed by atoms with Crippen LogP contribution in [0, 0.1) is 6.92 Å². The molecule has 1 aromatic carbocycles. The summed E-state index contributed by atoms with van der Waals surface area (Å²) in [6.45, 7) is 3.88. The summed E-state index contributed by atoms with van der Waals surface area (Å²) in [5.41, 5.74) is 1.34. The molecule has 130 valence electrons. The minimum Gasteiger partial charge on any atom is -0.338 e. The molecular weight excluding hydrogens is 342 g/mol. The first-order valence-corrected chi connectivity index (χ1v) is 8.51. The topological polar surface area (TPSA) is 106 Å². The van der Waals surface area contributed by atoms with E-state index in [1.54, 1.807) is 19.9 Å². The van der Waals surface area contributed by atoms with Crippen LogP contribution in [0.1, 0.15) is 18.2 Å². The van der Waals surface area contributed by atoms with Crippen LogP contribution >= 0.6 is 11.8 Å². The fourth-order valence-corrected chi connectivity index (χ4v) is 3.01. The average molecular weight is 359 g/mol. The molecule has 9 heteroatoms. The highest BCUT2D eigenvalue weighted by Gasteiger charge is 2.20. The lowest BCUT2D eigenvalue weighted by Gasteiger charge is -2.10. The molecule has 2 N–H and O–H groups in total. The van der Waals surface area contributed by atoms with Gasteiger partial charge in [-0.3, -0.25) is 14.7 Å². The van der Waals surface area contributed by atoms with Crippen molar-refractivity contribution in [2.24, 2.45) is 0 Å². The number of benzene rings is 1. The Morgan fingerprint density at radius 1 is 1.40 bits per heavy atom. The molecule has 0 aliphatic carbocycles. The van der Waals surface area contributed by atoms with Crippen LogP contribution in [0.15, 0.2) is 50.9 Å². The second-order valence-corrected chi connectivity index (χ2v) is 6.77. The Bertz CT molecular complexity index is 915. The highest BCUT2D eigenvalue weighted by atomic mass is 32.2. The van der Waals surface area contributed by atoms with Gasteiger partial charge in [0.1, 0.15) is 0 Å². The number of hydrogen-bond donors (Lipinski definition) is 2. The quantitative estimate of drug-likeness (QED) is 0.653. The molecular formula is C16H17N5O3S. The molecule has 8 nitrogen and oxygen atoms in total. The normalized spacial score (nSPS) is 12.1. The number of nitrogens with zero attached hydrogens (tertiary/aromatic N) is 3. The minimum absolute atomic E-state index is 0.261. The van der Waals surface area contributed by atoms with E-state index in [1.165, 1.54) is 16.3 Å². The number of carbonyl (C=O) groups is 1. The molecule has 3 aromatic rings. The van der Waals surface area contributed by atoms with Gasteiger partial charge in [-0.1, -0.05) is 47.3 Å². The van der Waals surface area contributed by atoms with E-state index in [-0.39, 0.29) is 11.6 Å². The van der Waals surface area contributed by atoms with Gasteiger partial charge in [-0.25, -0.2) is 9.89 Å². The standard InChI is InChI=1S/C16H17N5O3S/c1-10-8-13(24-20-10)17-14(22)11(2)25-16-19-18-15(23)21(16)9-12-6-4-3-5-7-12/h3-8,11H,9H2,1-2H3,(H,17,22)(H,18,23)/t11-/m1/s1. The van der Waals surface area contributed by atoms with Crippen molar-refractivity contribution in [2.45, 2.75) is 30.8 Å². The Morgan fingerprint density at radius 3 is 2.84 bits per heavy atom. The van der Waals surface area contributed by atoms with Gasteiger partial charge in [-0.2, -0.15) is 0 Å². The zero-order chi connectivity index (χ0) is 17.8. The second-order valence-electron chi connectivity index (χ2n) is 5.46. The third kappa shape index (κ3) is 4.18. The van der Waals surface area contributed by atoms with Crippen molar-refractivity contribution in [3.8, 4) is 0 Å². The van der Waals surface area contributed by atoms with E-state index in [2.05, 4.69) is 20.7 Å². The lowest BCUT2D eigenvalue weighted by molar-refractivity contribution is -0.115. The number of rotatable bonds is 6. The molecule has 0 radical (unpaired) electrons. The third-order valence-electron chi connectivity index (χ3n) is 3.43. The van der Waals surface area contributed by atoms with Gasteiger partial charge in [0.25, 0.3) is 0 Å². The van der Waals surface area contributed by atoms with Gasteiger partial charge < -0.3 is 4.52 Å². The van der Waals surface area contributed by atoms with Crippen LogP contribution in [0.4, 0.5) is 5.88 Å². The number of thioether (sulfide) groups is 1. The zero-order valence-corrected chi connectivity index (χ0v) is 14.5. The molecule has 1 amide bonds. The number of carbonyl (C=O) groups excluding carboxylic acids is 1. The highest BCUT2D eigenvalue weighted by Crippen LogP contribution is 2.22. The SMILES string of the molecule is Cc1cc(NC(=O)[C@@H](C)Sc2n[nH]c(=O)n2Cc2ccccc2)on1. The molecule has 0 aliphatic heterocycles. The number of H-pyrrole nitrogens is 1. The number of aromatic amines is 1. The van der Waals surface area contributed by atoms with Crippen LogP contribution in [0.2, 0.25) is 0 Å². The van der Waals surface area contributed by atoms with Crippen molar-refractivity contribution in [3.05, 3.63) is 58.1 Å². The smallest absolute Gasteiger partial charge is 0.338 e. The molecule has 2 heterocycles. The van der Waals surface area contributed by atoms with Gasteiger partial charge >= 0.3 is 5.69 Å². The van der Waals surface area contributed by atoms with Gasteiger partial charge in [0, 0.05) is 6.07 Å². The predicted molar refractivity (Wildman–Crippen MR) is 93.6 cm³/mol. The summed E-state index contributed by atoms with van der Waals surface area (Å²) in [5.74, 6) is 0.0292. The average Bonchev–Trinajstić information content (AvgIpc) is 3.16. The van der Waals surface area contributed by atoms with Crippen molar-refractivity contribution in [1.29, 1.82) is 0 Å². The maximum absolute atomic E-state index is 12.3. The largest absolute Gasteiger partial charge is 0.344 e. The van der Waals surface area contributed by atoms with E-state index >= 15 is 0 Å². The van der Waals surface area contributed by atoms with Crippen molar-refractivity contribution in [2.75, 3.05) is 5.32 Å². The summed E-state index contributed by atoms with van der Waals surface area (Å²) in [6, 6.07) is 11.2. The molecule has 1 atom stereocenters. The number of nitrogens with one attached hydrogen (secondary N) is 2. The Kier molecular flexibility index (Phi) is 5.03. The van der Waals surface area contributed by atoms with E-state index < -0.39 is 5.25 Å². The van der Waals surface area contributed by atoms with Gasteiger partial charge in [-0.15, -0.1) is 5.10 Å². The van der Waals surface area contributed by atoms with E-state index in [4.69, 9.17) is 4.52 Å². The van der Waals surface area contributed by atoms with Crippen LogP contribution in [0.5, 0.6) is 0 Å². The Balaban J connectivity index is 1.70. The molecule has 3 rings (SSSR count). The number of aromatic nitrogens is 4. The van der Waals surface area contributed by atoms with Crippen LogP contribution in [-0.2, 0) is 11.3 Å². The van der Waals surface area contributed by atoms with Crippen molar-refractivity contribution >= 4 is 23.6 Å². The summed E-state index contributed by atoms with van der Waals surface area (Å²) in [7, 11) is 0. The van der Waals surface area contributed by atoms with Crippen LogP contribution in [0.25, 0.3) is 0 Å². The lowest BCUT2D eigenvalue weighted by atomic mass is 10.2. The first-order chi connectivity index (χ1) is 12.0. The molecule has 0 saturated heterocycles. The number of aryl methyl sites for hydroxylation is 1. The third-order valence-corrected chi connectivity index (χ3v) is 4.52. The molecule has 0 bridgehead atoms. The van der Waals surface area contributed by atoms with E-state index in [1.807, 2.05) is 30.3 Å². The first kappa shape index (κ1) is 17.0. The van der Waals surface area contributed by atoms with Crippen molar-refractivity contribution in [3.63, 3.8) is 0 Å². The molecule has 25 heavy (non-hydrogen) atoms. The Labute approximate surface area is 147 Å². The van der Waals surface area contributed by atoms with Crippen molar-refractivity contribution < 1.29 is 9.32 Å². The summed E-state index contributed by atoms with van der Waals surface area (Å²) < 4.78 is 6.48. The molecule has 0 spiro atoms. The molecule has 0 unspecified atom stereocenters. The fraction of sp³-hybridized carbons (Fsp3) is 0.250. The predicted octanol–water partition coefficient (Wildman–Crippen LogP) is 2.04. The highest BCUT2D eigenvalue weighted by molar-refractivity contribution is 8.00. The summed E-state index contributed by atoms with van der Waals surface area (Å²) >= 11 is 1.19. The van der Waals surface area contributed by atoms with Crippen LogP contribution in [-0.4, -0.2) is 31.1 Å². The number of anilines is 1. The van der Waals surface area contributed by atoms with E-state index in [9.17, 15) is 9.59 Å². The van der Waals surface area contributed by atoms with Crippen molar-refractivity contribution in [1.82, 2.24) is 19.9 Å². The Morgan fingerprint density at radius 2 is 2.16 bits per heavy atom. The number of amides is 1. The first-order valence-electron chi connectivity index (χ1n) is 7.63. The monoisotopic (exact) mass is 359 g/mol. The maximum Gasteiger partial charge on any atom is 0.344 e. The Hall–Kier alpha value is -2.81. The summed E-state index contributed by atoms with van der Waals surface area (Å²) in [6.07, 6.45) is 0.